The summed E-state index contributed by atoms with van der Waals surface area (Å²) >= 11 is 0. The van der Waals surface area contributed by atoms with Crippen LogP contribution in [-0.2, 0) is 0 Å². The molecule has 2 amide bonds. The summed E-state index contributed by atoms with van der Waals surface area (Å²) in [6.07, 6.45) is 5.01. The zero-order valence-electron chi connectivity index (χ0n) is 14.8. The van der Waals surface area contributed by atoms with Gasteiger partial charge in [0.15, 0.2) is 0 Å². The fraction of sp³-hybridized carbons (Fsp3) is 0.316. The van der Waals surface area contributed by atoms with Crippen molar-refractivity contribution in [1.29, 1.82) is 0 Å². The molecule has 1 fully saturated rings. The Bertz CT molecular complexity index is 750. The van der Waals surface area contributed by atoms with E-state index in [1.807, 2.05) is 4.90 Å². The van der Waals surface area contributed by atoms with Gasteiger partial charge in [0, 0.05) is 36.7 Å². The van der Waals surface area contributed by atoms with E-state index < -0.39 is 0 Å². The van der Waals surface area contributed by atoms with Crippen molar-refractivity contribution in [1.82, 2.24) is 9.88 Å². The van der Waals surface area contributed by atoms with Gasteiger partial charge in [-0.25, -0.2) is 0 Å². The molecule has 3 N–H and O–H groups in total. The largest absolute Gasteiger partial charge is 0.339 e. The lowest BCUT2D eigenvalue weighted by Gasteiger charge is -2.31. The molecule has 8 heteroatoms. The number of carbonyl (C=O) groups is 2. The first-order valence-corrected chi connectivity index (χ1v) is 8.48. The average Bonchev–Trinajstić information content (AvgIpc) is 2.68. The molecule has 27 heavy (non-hydrogen) atoms. The summed E-state index contributed by atoms with van der Waals surface area (Å²) in [5.74, 6) is 0.253. The van der Waals surface area contributed by atoms with E-state index in [4.69, 9.17) is 5.73 Å². The maximum absolute atomic E-state index is 12.7. The molecule has 1 aliphatic heterocycles. The summed E-state index contributed by atoms with van der Waals surface area (Å²) in [4.78, 5) is 30.7. The Morgan fingerprint density at radius 1 is 1.11 bits per heavy atom. The van der Waals surface area contributed by atoms with E-state index in [0.717, 1.165) is 25.9 Å². The van der Waals surface area contributed by atoms with E-state index in [9.17, 15) is 9.59 Å². The summed E-state index contributed by atoms with van der Waals surface area (Å²) in [6, 6.07) is 10.4. The van der Waals surface area contributed by atoms with Crippen molar-refractivity contribution in [2.24, 2.45) is 11.7 Å². The molecule has 146 valence electrons. The molecule has 0 bridgehead atoms. The highest BCUT2D eigenvalue weighted by Gasteiger charge is 2.23. The fourth-order valence-electron chi connectivity index (χ4n) is 2.98. The molecule has 1 aromatic heterocycles. The molecule has 6 nitrogen and oxygen atoms in total. The average molecular weight is 411 g/mol. The number of hydrogen-bond donors (Lipinski definition) is 2. The third kappa shape index (κ3) is 5.92. The smallest absolute Gasteiger partial charge is 0.257 e. The molecule has 1 aliphatic rings. The van der Waals surface area contributed by atoms with E-state index >= 15 is 0 Å². The molecular weight excluding hydrogens is 387 g/mol. The molecule has 0 atom stereocenters. The molecule has 2 aromatic rings. The molecule has 3 rings (SSSR count). The zero-order chi connectivity index (χ0) is 17.6. The van der Waals surface area contributed by atoms with Crippen molar-refractivity contribution in [2.75, 3.05) is 25.0 Å². The summed E-state index contributed by atoms with van der Waals surface area (Å²) in [5, 5.41) is 2.81. The number of hydrogen-bond acceptors (Lipinski definition) is 4. The lowest BCUT2D eigenvalue weighted by Crippen LogP contribution is -2.40. The Hall–Kier alpha value is -2.15. The first-order valence-electron chi connectivity index (χ1n) is 8.48. The molecular formula is C19H24Cl2N4O2. The predicted molar refractivity (Wildman–Crippen MR) is 111 cm³/mol. The summed E-state index contributed by atoms with van der Waals surface area (Å²) in [5.41, 5.74) is 7.35. The van der Waals surface area contributed by atoms with Crippen LogP contribution >= 0.6 is 24.8 Å². The van der Waals surface area contributed by atoms with Gasteiger partial charge >= 0.3 is 0 Å². The van der Waals surface area contributed by atoms with Crippen LogP contribution in [-0.4, -0.2) is 41.3 Å². The molecule has 0 aliphatic carbocycles. The Morgan fingerprint density at radius 2 is 1.81 bits per heavy atom. The van der Waals surface area contributed by atoms with Crippen LogP contribution in [0.1, 0.15) is 33.6 Å². The van der Waals surface area contributed by atoms with Gasteiger partial charge < -0.3 is 16.0 Å². The number of nitrogens with two attached hydrogens (primary N) is 1. The highest BCUT2D eigenvalue weighted by molar-refractivity contribution is 6.04. The van der Waals surface area contributed by atoms with Gasteiger partial charge in [-0.1, -0.05) is 6.07 Å². The van der Waals surface area contributed by atoms with Crippen molar-refractivity contribution in [3.05, 3.63) is 59.9 Å². The monoisotopic (exact) mass is 410 g/mol. The summed E-state index contributed by atoms with van der Waals surface area (Å²) in [6.45, 7) is 2.14. The molecule has 0 radical (unpaired) electrons. The van der Waals surface area contributed by atoms with Crippen LogP contribution in [0.25, 0.3) is 0 Å². The van der Waals surface area contributed by atoms with Crippen LogP contribution in [0.15, 0.2) is 48.8 Å². The van der Waals surface area contributed by atoms with E-state index in [1.165, 1.54) is 6.20 Å². The van der Waals surface area contributed by atoms with E-state index in [1.54, 1.807) is 42.6 Å². The van der Waals surface area contributed by atoms with Crippen LogP contribution in [0.5, 0.6) is 0 Å². The third-order valence-corrected chi connectivity index (χ3v) is 4.53. The minimum absolute atomic E-state index is 0. The Labute approximate surface area is 171 Å². The topological polar surface area (TPSA) is 88.3 Å². The number of anilines is 1. The number of nitrogens with one attached hydrogen (secondary N) is 1. The molecule has 0 saturated carbocycles. The second-order valence-corrected chi connectivity index (χ2v) is 6.25. The van der Waals surface area contributed by atoms with Crippen molar-refractivity contribution in [2.45, 2.75) is 12.8 Å². The molecule has 0 spiro atoms. The van der Waals surface area contributed by atoms with Gasteiger partial charge in [0.1, 0.15) is 0 Å². The maximum Gasteiger partial charge on any atom is 0.257 e. The van der Waals surface area contributed by atoms with Crippen LogP contribution < -0.4 is 11.1 Å². The van der Waals surface area contributed by atoms with Gasteiger partial charge in [0.05, 0.1) is 5.56 Å². The van der Waals surface area contributed by atoms with Crippen LogP contribution in [0.4, 0.5) is 5.69 Å². The van der Waals surface area contributed by atoms with Crippen LogP contribution in [0.2, 0.25) is 0 Å². The number of halogens is 2. The second-order valence-electron chi connectivity index (χ2n) is 6.25. The maximum atomic E-state index is 12.7. The van der Waals surface area contributed by atoms with Crippen molar-refractivity contribution in [3.8, 4) is 0 Å². The number of likely N-dealkylation sites (tertiary alicyclic amines) is 1. The zero-order valence-corrected chi connectivity index (χ0v) is 16.5. The van der Waals surface area contributed by atoms with E-state index in [-0.39, 0.29) is 36.6 Å². The Kier molecular flexibility index (Phi) is 9.21. The Balaban J connectivity index is 0.00000182. The molecule has 1 aromatic carbocycles. The molecule has 2 heterocycles. The minimum atomic E-state index is -0.249. The number of nitrogens with zero attached hydrogens (tertiary/aromatic N) is 2. The van der Waals surface area contributed by atoms with Gasteiger partial charge in [-0.15, -0.1) is 24.8 Å². The molecule has 1 saturated heterocycles. The minimum Gasteiger partial charge on any atom is -0.339 e. The fourth-order valence-corrected chi connectivity index (χ4v) is 2.98. The van der Waals surface area contributed by atoms with Crippen LogP contribution in [0, 0.1) is 5.92 Å². The van der Waals surface area contributed by atoms with Crippen LogP contribution in [0.3, 0.4) is 0 Å². The summed E-state index contributed by atoms with van der Waals surface area (Å²) in [7, 11) is 0. The van der Waals surface area contributed by atoms with Gasteiger partial charge in [-0.05, 0) is 55.6 Å². The number of pyridine rings is 1. The Morgan fingerprint density at radius 3 is 2.44 bits per heavy atom. The lowest BCUT2D eigenvalue weighted by molar-refractivity contribution is 0.0693. The lowest BCUT2D eigenvalue weighted by atomic mass is 9.96. The predicted octanol–water partition coefficient (Wildman–Crippen LogP) is 2.99. The first-order chi connectivity index (χ1) is 12.2. The van der Waals surface area contributed by atoms with Gasteiger partial charge in [0.2, 0.25) is 0 Å². The number of rotatable bonds is 4. The normalized spacial score (nSPS) is 13.9. The number of benzene rings is 1. The van der Waals surface area contributed by atoms with Crippen molar-refractivity contribution < 1.29 is 9.59 Å². The highest BCUT2D eigenvalue weighted by atomic mass is 35.5. The first kappa shape index (κ1) is 22.9. The van der Waals surface area contributed by atoms with Gasteiger partial charge in [-0.2, -0.15) is 0 Å². The van der Waals surface area contributed by atoms with E-state index in [2.05, 4.69) is 10.3 Å². The number of piperidine rings is 1. The second kappa shape index (κ2) is 10.9. The number of amides is 2. The quantitative estimate of drug-likeness (QED) is 0.810. The van der Waals surface area contributed by atoms with Gasteiger partial charge in [-0.3, -0.25) is 14.6 Å². The third-order valence-electron chi connectivity index (χ3n) is 4.53. The van der Waals surface area contributed by atoms with Crippen molar-refractivity contribution in [3.63, 3.8) is 0 Å². The van der Waals surface area contributed by atoms with Gasteiger partial charge in [0.25, 0.3) is 11.8 Å². The van der Waals surface area contributed by atoms with E-state index in [0.29, 0.717) is 29.3 Å². The SMILES string of the molecule is Cl.Cl.NCC1CCN(C(=O)c2cccc(NC(=O)c3cccnc3)c2)CC1. The van der Waals surface area contributed by atoms with Crippen molar-refractivity contribution >= 4 is 42.3 Å². The summed E-state index contributed by atoms with van der Waals surface area (Å²) < 4.78 is 0. The number of carbonyl (C=O) groups excluding carboxylic acids is 2. The number of aromatic nitrogens is 1. The highest BCUT2D eigenvalue weighted by Crippen LogP contribution is 2.19. The molecule has 0 unspecified atom stereocenters. The standard InChI is InChI=1S/C19H22N4O2.2ClH/c20-12-14-6-9-23(10-7-14)19(25)15-3-1-5-17(11-15)22-18(24)16-4-2-8-21-13-16;;/h1-5,8,11,13-14H,6-7,9-10,12,20H2,(H,22,24);2*1H.